The van der Waals surface area contributed by atoms with Crippen molar-refractivity contribution in [1.29, 1.82) is 0 Å². The summed E-state index contributed by atoms with van der Waals surface area (Å²) in [6.45, 7) is 3.09. The predicted molar refractivity (Wildman–Crippen MR) is 94.9 cm³/mol. The molecule has 0 saturated carbocycles. The van der Waals surface area contributed by atoms with Gasteiger partial charge in [-0.2, -0.15) is 0 Å². The third-order valence-electron chi connectivity index (χ3n) is 5.52. The lowest BCUT2D eigenvalue weighted by atomic mass is 9.81. The Kier molecular flexibility index (Phi) is 6.07. The molecule has 2 atom stereocenters. The van der Waals surface area contributed by atoms with Gasteiger partial charge >= 0.3 is 0 Å². The number of hydrogen-bond acceptors (Lipinski definition) is 3. The van der Waals surface area contributed by atoms with Gasteiger partial charge in [-0.05, 0) is 57.2 Å². The van der Waals surface area contributed by atoms with Crippen LogP contribution in [-0.2, 0) is 11.2 Å². The molecule has 1 aromatic rings. The second-order valence-corrected chi connectivity index (χ2v) is 7.18. The highest BCUT2D eigenvalue weighted by atomic mass is 16.1. The van der Waals surface area contributed by atoms with E-state index in [0.717, 1.165) is 18.2 Å². The van der Waals surface area contributed by atoms with Crippen LogP contribution in [0.25, 0.3) is 0 Å². The summed E-state index contributed by atoms with van der Waals surface area (Å²) in [5.74, 6) is 0.830. The molecule has 1 aromatic heterocycles. The summed E-state index contributed by atoms with van der Waals surface area (Å²) in [4.78, 5) is 28.8. The van der Waals surface area contributed by atoms with Crippen LogP contribution in [-0.4, -0.2) is 41.5 Å². The lowest BCUT2D eigenvalue weighted by Gasteiger charge is -2.44. The lowest BCUT2D eigenvalue weighted by molar-refractivity contribution is -0.121. The number of nitrogens with one attached hydrogen (secondary N) is 2. The number of carbonyl (C=O) groups excluding carboxylic acids is 1. The highest BCUT2D eigenvalue weighted by molar-refractivity contribution is 5.75. The van der Waals surface area contributed by atoms with E-state index in [4.69, 9.17) is 0 Å². The molecule has 0 spiro atoms. The molecule has 0 radical (unpaired) electrons. The summed E-state index contributed by atoms with van der Waals surface area (Å²) in [7, 11) is 0. The van der Waals surface area contributed by atoms with Crippen LogP contribution in [0.4, 0.5) is 0 Å². The van der Waals surface area contributed by atoms with Gasteiger partial charge in [-0.25, -0.2) is 0 Å². The Balaban J connectivity index is 1.38. The van der Waals surface area contributed by atoms with Gasteiger partial charge in [0.2, 0.25) is 11.5 Å². The van der Waals surface area contributed by atoms with Gasteiger partial charge < -0.3 is 15.2 Å². The Morgan fingerprint density at radius 1 is 1.21 bits per heavy atom. The molecule has 5 nitrogen and oxygen atoms in total. The van der Waals surface area contributed by atoms with Crippen molar-refractivity contribution in [1.82, 2.24) is 15.2 Å². The first-order valence-electron chi connectivity index (χ1n) is 9.41. The first-order chi connectivity index (χ1) is 11.7. The molecule has 2 aliphatic rings. The van der Waals surface area contributed by atoms with E-state index in [-0.39, 0.29) is 11.5 Å². The molecule has 3 heterocycles. The van der Waals surface area contributed by atoms with Crippen molar-refractivity contribution in [2.24, 2.45) is 5.92 Å². The van der Waals surface area contributed by atoms with E-state index in [1.54, 1.807) is 6.07 Å². The van der Waals surface area contributed by atoms with Crippen LogP contribution in [0.3, 0.4) is 0 Å². The molecule has 3 rings (SSSR count). The van der Waals surface area contributed by atoms with Crippen LogP contribution in [0.1, 0.15) is 50.6 Å². The first-order valence-corrected chi connectivity index (χ1v) is 9.41. The first kappa shape index (κ1) is 17.2. The Labute approximate surface area is 143 Å². The van der Waals surface area contributed by atoms with Crippen LogP contribution < -0.4 is 10.9 Å². The van der Waals surface area contributed by atoms with Crippen molar-refractivity contribution >= 4 is 5.91 Å². The van der Waals surface area contributed by atoms with E-state index < -0.39 is 0 Å². The molecule has 132 valence electrons. The highest BCUT2D eigenvalue weighted by Gasteiger charge is 2.32. The molecule has 0 bridgehead atoms. The molecule has 2 saturated heterocycles. The van der Waals surface area contributed by atoms with Crippen LogP contribution in [0.5, 0.6) is 0 Å². The Bertz CT molecular complexity index is 596. The normalized spacial score (nSPS) is 24.3. The van der Waals surface area contributed by atoms with Crippen LogP contribution in [0.15, 0.2) is 23.0 Å². The quantitative estimate of drug-likeness (QED) is 0.839. The summed E-state index contributed by atoms with van der Waals surface area (Å²) < 4.78 is 0. The summed E-state index contributed by atoms with van der Waals surface area (Å²) >= 11 is 0. The fourth-order valence-corrected chi connectivity index (χ4v) is 4.29. The number of aromatic nitrogens is 1. The monoisotopic (exact) mass is 331 g/mol. The van der Waals surface area contributed by atoms with Gasteiger partial charge in [-0.3, -0.25) is 9.59 Å². The van der Waals surface area contributed by atoms with Gasteiger partial charge in [0.05, 0.1) is 0 Å². The lowest BCUT2D eigenvalue weighted by Crippen LogP contribution is -2.48. The molecular formula is C19H29N3O2. The molecule has 2 N–H and O–H groups in total. The number of aromatic amines is 1. The van der Waals surface area contributed by atoms with Crippen LogP contribution in [0.2, 0.25) is 0 Å². The molecule has 2 fully saturated rings. The SMILES string of the molecule is O=C(CC[C@@H]1CCCN2CCCC[C@H]12)NCCc1cccc(=O)[nH]1. The summed E-state index contributed by atoms with van der Waals surface area (Å²) in [6, 6.07) is 5.85. The predicted octanol–water partition coefficient (Wildman–Crippen LogP) is 2.08. The smallest absolute Gasteiger partial charge is 0.248 e. The zero-order valence-electron chi connectivity index (χ0n) is 14.4. The van der Waals surface area contributed by atoms with E-state index in [2.05, 4.69) is 15.2 Å². The highest BCUT2D eigenvalue weighted by Crippen LogP contribution is 2.33. The number of H-pyrrole nitrogens is 1. The number of fused-ring (bicyclic) bond motifs is 1. The van der Waals surface area contributed by atoms with E-state index in [0.29, 0.717) is 25.3 Å². The van der Waals surface area contributed by atoms with Gasteiger partial charge in [-0.15, -0.1) is 0 Å². The third-order valence-corrected chi connectivity index (χ3v) is 5.52. The summed E-state index contributed by atoms with van der Waals surface area (Å²) in [5.41, 5.74) is 0.779. The van der Waals surface area contributed by atoms with E-state index in [1.807, 2.05) is 6.07 Å². The maximum Gasteiger partial charge on any atom is 0.248 e. The summed E-state index contributed by atoms with van der Waals surface area (Å²) in [6.07, 6.45) is 8.86. The molecule has 2 aliphatic heterocycles. The third kappa shape index (κ3) is 4.69. The fourth-order valence-electron chi connectivity index (χ4n) is 4.29. The Morgan fingerprint density at radius 3 is 2.96 bits per heavy atom. The Morgan fingerprint density at radius 2 is 2.08 bits per heavy atom. The number of rotatable bonds is 6. The number of pyridine rings is 1. The number of piperidine rings is 2. The van der Waals surface area contributed by atoms with Crippen molar-refractivity contribution < 1.29 is 4.79 Å². The van der Waals surface area contributed by atoms with Crippen molar-refractivity contribution in [3.8, 4) is 0 Å². The van der Waals surface area contributed by atoms with Gasteiger partial charge in [-0.1, -0.05) is 12.5 Å². The number of carbonyl (C=O) groups is 1. The second kappa shape index (κ2) is 8.47. The number of hydrogen-bond donors (Lipinski definition) is 2. The minimum atomic E-state index is -0.0897. The minimum Gasteiger partial charge on any atom is -0.356 e. The average molecular weight is 331 g/mol. The largest absolute Gasteiger partial charge is 0.356 e. The van der Waals surface area contributed by atoms with Crippen molar-refractivity contribution in [2.45, 2.75) is 57.4 Å². The number of amides is 1. The van der Waals surface area contributed by atoms with Crippen LogP contribution in [0, 0.1) is 5.92 Å². The number of nitrogens with zero attached hydrogens (tertiary/aromatic N) is 1. The van der Waals surface area contributed by atoms with Gasteiger partial charge in [0.1, 0.15) is 0 Å². The molecule has 0 aromatic carbocycles. The van der Waals surface area contributed by atoms with Gasteiger partial charge in [0.15, 0.2) is 0 Å². The molecule has 5 heteroatoms. The molecule has 0 unspecified atom stereocenters. The maximum absolute atomic E-state index is 12.1. The van der Waals surface area contributed by atoms with Gasteiger partial charge in [0, 0.05) is 37.2 Å². The zero-order valence-corrected chi connectivity index (χ0v) is 14.4. The van der Waals surface area contributed by atoms with Gasteiger partial charge in [0.25, 0.3) is 0 Å². The molecular weight excluding hydrogens is 302 g/mol. The zero-order chi connectivity index (χ0) is 16.8. The standard InChI is InChI=1S/C19H29N3O2/c23-18(20-12-11-16-6-3-8-19(24)21-16)10-9-15-5-4-14-22-13-2-1-7-17(15)22/h3,6,8,15,17H,1-2,4-5,7,9-14H2,(H,20,23)(H,21,24)/t15-,17+/m0/s1. The topological polar surface area (TPSA) is 65.2 Å². The molecule has 0 aliphatic carbocycles. The van der Waals surface area contributed by atoms with Crippen molar-refractivity contribution in [2.75, 3.05) is 19.6 Å². The van der Waals surface area contributed by atoms with E-state index in [9.17, 15) is 9.59 Å². The fraction of sp³-hybridized carbons (Fsp3) is 0.684. The molecule has 24 heavy (non-hydrogen) atoms. The van der Waals surface area contributed by atoms with Crippen molar-refractivity contribution in [3.05, 3.63) is 34.2 Å². The second-order valence-electron chi connectivity index (χ2n) is 7.18. The maximum atomic E-state index is 12.1. The van der Waals surface area contributed by atoms with E-state index >= 15 is 0 Å². The molecule has 1 amide bonds. The average Bonchev–Trinajstić information content (AvgIpc) is 2.60. The summed E-state index contributed by atoms with van der Waals surface area (Å²) in [5, 5.41) is 2.99. The Hall–Kier alpha value is -1.62. The van der Waals surface area contributed by atoms with E-state index in [1.165, 1.54) is 51.3 Å². The van der Waals surface area contributed by atoms with Crippen molar-refractivity contribution in [3.63, 3.8) is 0 Å². The van der Waals surface area contributed by atoms with Crippen LogP contribution >= 0.6 is 0 Å². The minimum absolute atomic E-state index is 0.0897.